The van der Waals surface area contributed by atoms with Gasteiger partial charge in [-0.2, -0.15) is 5.10 Å². The molecule has 1 atom stereocenters. The Labute approximate surface area is 120 Å². The zero-order chi connectivity index (χ0) is 14.8. The summed E-state index contributed by atoms with van der Waals surface area (Å²) in [4.78, 5) is 22.8. The number of aliphatic carboxylic acids is 1. The van der Waals surface area contributed by atoms with E-state index >= 15 is 0 Å². The monoisotopic (exact) mass is 286 g/mol. The number of fused-ring (bicyclic) bond motifs is 1. The van der Waals surface area contributed by atoms with Crippen molar-refractivity contribution in [1.82, 2.24) is 9.78 Å². The summed E-state index contributed by atoms with van der Waals surface area (Å²) >= 11 is 0. The molecule has 7 nitrogen and oxygen atoms in total. The second-order valence-corrected chi connectivity index (χ2v) is 4.87. The van der Waals surface area contributed by atoms with Crippen molar-refractivity contribution in [2.75, 3.05) is 10.6 Å². The molecule has 3 rings (SSSR count). The maximum atomic E-state index is 12.2. The predicted molar refractivity (Wildman–Crippen MR) is 76.0 cm³/mol. The number of nitrogens with zero attached hydrogens (tertiary/aromatic N) is 2. The van der Waals surface area contributed by atoms with Gasteiger partial charge in [0, 0.05) is 18.3 Å². The molecule has 1 aromatic carbocycles. The summed E-state index contributed by atoms with van der Waals surface area (Å²) in [5.74, 6) is -1.15. The van der Waals surface area contributed by atoms with Gasteiger partial charge in [0.15, 0.2) is 0 Å². The molecule has 108 valence electrons. The van der Waals surface area contributed by atoms with Gasteiger partial charge in [0.25, 0.3) is 0 Å². The summed E-state index contributed by atoms with van der Waals surface area (Å²) in [7, 11) is 0. The number of amides is 1. The zero-order valence-corrected chi connectivity index (χ0v) is 11.1. The van der Waals surface area contributed by atoms with Gasteiger partial charge in [0.05, 0.1) is 11.9 Å². The summed E-state index contributed by atoms with van der Waals surface area (Å²) in [6.45, 7) is -0.233. The van der Waals surface area contributed by atoms with Crippen LogP contribution in [0.1, 0.15) is 5.56 Å². The Bertz CT molecular complexity index is 670. The zero-order valence-electron chi connectivity index (χ0n) is 11.1. The van der Waals surface area contributed by atoms with E-state index in [1.54, 1.807) is 0 Å². The van der Waals surface area contributed by atoms with E-state index in [4.69, 9.17) is 5.11 Å². The van der Waals surface area contributed by atoms with Gasteiger partial charge in [-0.05, 0) is 11.6 Å². The van der Waals surface area contributed by atoms with Crippen LogP contribution < -0.4 is 10.6 Å². The van der Waals surface area contributed by atoms with Gasteiger partial charge in [-0.3, -0.25) is 14.3 Å². The number of carbonyl (C=O) groups is 2. The fourth-order valence-corrected chi connectivity index (χ4v) is 2.34. The number of hydrogen-bond acceptors (Lipinski definition) is 4. The van der Waals surface area contributed by atoms with Gasteiger partial charge < -0.3 is 15.7 Å². The van der Waals surface area contributed by atoms with Crippen LogP contribution in [0.2, 0.25) is 0 Å². The number of benzene rings is 1. The highest BCUT2D eigenvalue weighted by atomic mass is 16.4. The van der Waals surface area contributed by atoms with E-state index in [9.17, 15) is 9.59 Å². The van der Waals surface area contributed by atoms with Gasteiger partial charge in [0.2, 0.25) is 5.91 Å². The van der Waals surface area contributed by atoms with E-state index in [-0.39, 0.29) is 18.5 Å². The first-order valence-electron chi connectivity index (χ1n) is 6.51. The molecule has 0 radical (unpaired) electrons. The van der Waals surface area contributed by atoms with E-state index in [0.29, 0.717) is 12.1 Å². The maximum Gasteiger partial charge on any atom is 0.325 e. The lowest BCUT2D eigenvalue weighted by Gasteiger charge is -2.10. The Hall–Kier alpha value is -2.83. The van der Waals surface area contributed by atoms with Gasteiger partial charge in [-0.1, -0.05) is 18.2 Å². The lowest BCUT2D eigenvalue weighted by Crippen LogP contribution is -2.32. The fourth-order valence-electron chi connectivity index (χ4n) is 2.34. The minimum atomic E-state index is -0.983. The molecule has 0 unspecified atom stereocenters. The van der Waals surface area contributed by atoms with Crippen LogP contribution in [0.4, 0.5) is 11.4 Å². The second-order valence-electron chi connectivity index (χ2n) is 4.87. The summed E-state index contributed by atoms with van der Waals surface area (Å²) in [5, 5.41) is 18.4. The van der Waals surface area contributed by atoms with Crippen LogP contribution in [0.3, 0.4) is 0 Å². The molecule has 7 heteroatoms. The number of rotatable bonds is 4. The number of nitrogens with one attached hydrogen (secondary N) is 2. The molecule has 0 bridgehead atoms. The van der Waals surface area contributed by atoms with E-state index in [1.165, 1.54) is 17.1 Å². The first kappa shape index (κ1) is 13.2. The number of anilines is 2. The van der Waals surface area contributed by atoms with Crippen molar-refractivity contribution in [1.29, 1.82) is 0 Å². The fraction of sp³-hybridized carbons (Fsp3) is 0.214. The average molecular weight is 286 g/mol. The number of carbonyl (C=O) groups excluding carboxylic acids is 1. The third-order valence-corrected chi connectivity index (χ3v) is 3.29. The topological polar surface area (TPSA) is 96.2 Å². The third kappa shape index (κ3) is 2.86. The van der Waals surface area contributed by atoms with Crippen molar-refractivity contribution in [2.24, 2.45) is 0 Å². The third-order valence-electron chi connectivity index (χ3n) is 3.29. The summed E-state index contributed by atoms with van der Waals surface area (Å²) < 4.78 is 1.26. The van der Waals surface area contributed by atoms with Crippen molar-refractivity contribution in [3.8, 4) is 0 Å². The summed E-state index contributed by atoms with van der Waals surface area (Å²) in [6.07, 6.45) is 3.56. The number of carboxylic acids is 1. The molecule has 1 aliphatic rings. The maximum absolute atomic E-state index is 12.2. The molecule has 21 heavy (non-hydrogen) atoms. The largest absolute Gasteiger partial charge is 0.480 e. The molecule has 2 heterocycles. The Morgan fingerprint density at radius 1 is 1.43 bits per heavy atom. The van der Waals surface area contributed by atoms with Crippen LogP contribution in [0.15, 0.2) is 36.7 Å². The van der Waals surface area contributed by atoms with E-state index in [2.05, 4.69) is 15.7 Å². The Morgan fingerprint density at radius 2 is 2.24 bits per heavy atom. The number of para-hydroxylation sites is 1. The minimum absolute atomic E-state index is 0.166. The van der Waals surface area contributed by atoms with Crippen molar-refractivity contribution >= 4 is 23.3 Å². The number of hydrogen-bond donors (Lipinski definition) is 3. The quantitative estimate of drug-likeness (QED) is 0.777. The van der Waals surface area contributed by atoms with Crippen LogP contribution >= 0.6 is 0 Å². The standard InChI is InChI=1S/C14H14N4O3/c19-13(20)8-18-7-10(6-15-18)16-14(21)12-5-9-3-1-2-4-11(9)17-12/h1-4,6-7,12,17H,5,8H2,(H,16,21)(H,19,20)/t12-/m0/s1. The van der Waals surface area contributed by atoms with Crippen LogP contribution in [-0.2, 0) is 22.6 Å². The number of aromatic nitrogens is 2. The first-order valence-corrected chi connectivity index (χ1v) is 6.51. The van der Waals surface area contributed by atoms with Gasteiger partial charge in [0.1, 0.15) is 12.6 Å². The molecule has 0 fully saturated rings. The number of carboxylic acid groups (broad SMARTS) is 1. The first-order chi connectivity index (χ1) is 10.1. The Kier molecular flexibility index (Phi) is 3.31. The van der Waals surface area contributed by atoms with Gasteiger partial charge in [-0.15, -0.1) is 0 Å². The molecule has 0 aliphatic carbocycles. The average Bonchev–Trinajstić information content (AvgIpc) is 3.04. The molecule has 1 aromatic heterocycles. The van der Waals surface area contributed by atoms with Crippen molar-refractivity contribution in [3.63, 3.8) is 0 Å². The van der Waals surface area contributed by atoms with Gasteiger partial charge in [-0.25, -0.2) is 0 Å². The molecule has 0 saturated heterocycles. The molecule has 1 aliphatic heterocycles. The predicted octanol–water partition coefficient (Wildman–Crippen LogP) is 0.943. The highest BCUT2D eigenvalue weighted by molar-refractivity contribution is 5.97. The SMILES string of the molecule is O=C(O)Cn1cc(NC(=O)[C@@H]2Cc3ccccc3N2)cn1. The molecular formula is C14H14N4O3. The van der Waals surface area contributed by atoms with Crippen molar-refractivity contribution in [3.05, 3.63) is 42.2 Å². The molecule has 0 spiro atoms. The van der Waals surface area contributed by atoms with E-state index in [1.807, 2.05) is 24.3 Å². The Morgan fingerprint density at radius 3 is 3.00 bits per heavy atom. The molecule has 2 aromatic rings. The minimum Gasteiger partial charge on any atom is -0.480 e. The van der Waals surface area contributed by atoms with Crippen LogP contribution in [0.25, 0.3) is 0 Å². The highest BCUT2D eigenvalue weighted by Crippen LogP contribution is 2.25. The van der Waals surface area contributed by atoms with Crippen molar-refractivity contribution < 1.29 is 14.7 Å². The summed E-state index contributed by atoms with van der Waals surface area (Å²) in [6, 6.07) is 7.46. The van der Waals surface area contributed by atoms with Crippen LogP contribution in [0, 0.1) is 0 Å². The lowest BCUT2D eigenvalue weighted by atomic mass is 10.1. The molecule has 0 saturated carbocycles. The molecular weight excluding hydrogens is 272 g/mol. The lowest BCUT2D eigenvalue weighted by molar-refractivity contribution is -0.137. The van der Waals surface area contributed by atoms with E-state index in [0.717, 1.165) is 11.3 Å². The van der Waals surface area contributed by atoms with E-state index < -0.39 is 5.97 Å². The van der Waals surface area contributed by atoms with Crippen molar-refractivity contribution in [2.45, 2.75) is 19.0 Å². The van der Waals surface area contributed by atoms with Crippen LogP contribution in [-0.4, -0.2) is 32.8 Å². The molecule has 1 amide bonds. The summed E-state index contributed by atoms with van der Waals surface area (Å²) in [5.41, 5.74) is 2.57. The van der Waals surface area contributed by atoms with Crippen LogP contribution in [0.5, 0.6) is 0 Å². The van der Waals surface area contributed by atoms with Gasteiger partial charge >= 0.3 is 5.97 Å². The normalized spacial score (nSPS) is 16.1. The highest BCUT2D eigenvalue weighted by Gasteiger charge is 2.26. The Balaban J connectivity index is 1.63. The second kappa shape index (κ2) is 5.28. The molecule has 3 N–H and O–H groups in total. The smallest absolute Gasteiger partial charge is 0.325 e.